The minimum Gasteiger partial charge on any atom is -0.465 e. The van der Waals surface area contributed by atoms with Crippen LogP contribution in [0.5, 0.6) is 0 Å². The van der Waals surface area contributed by atoms with E-state index >= 15 is 0 Å². The van der Waals surface area contributed by atoms with Gasteiger partial charge in [0, 0.05) is 0 Å². The van der Waals surface area contributed by atoms with Crippen molar-refractivity contribution in [2.45, 2.75) is 58.3 Å². The number of methoxy groups -OCH3 is 1. The quantitative estimate of drug-likeness (QED) is 0.339. The van der Waals surface area contributed by atoms with Gasteiger partial charge in [-0.15, -0.1) is 0 Å². The van der Waals surface area contributed by atoms with Gasteiger partial charge in [0.25, 0.3) is 0 Å². The molecule has 0 aromatic heterocycles. The first-order valence-corrected chi connectivity index (χ1v) is 7.87. The standard InChI is InChI=1S/C18H24O3/c1-13(19)16(18(20)21-2)17(14-9-5-3-6-10-14)15-11-7-4-8-12-15/h9,11H,3-8,10,12H2,1-2H3. The number of hydrogen-bond acceptors (Lipinski definition) is 3. The first-order valence-electron chi connectivity index (χ1n) is 7.87. The molecule has 0 saturated heterocycles. The molecule has 0 radical (unpaired) electrons. The maximum absolute atomic E-state index is 12.1. The number of ketones is 1. The van der Waals surface area contributed by atoms with Gasteiger partial charge in [0.2, 0.25) is 0 Å². The van der Waals surface area contributed by atoms with E-state index in [1.807, 2.05) is 0 Å². The minimum absolute atomic E-state index is 0.199. The van der Waals surface area contributed by atoms with Crippen LogP contribution in [0.3, 0.4) is 0 Å². The molecule has 0 N–H and O–H groups in total. The Bertz CT molecular complexity index is 493. The van der Waals surface area contributed by atoms with Gasteiger partial charge in [0.05, 0.1) is 7.11 Å². The number of rotatable bonds is 4. The van der Waals surface area contributed by atoms with Crippen molar-refractivity contribution in [1.82, 2.24) is 0 Å². The molecule has 0 saturated carbocycles. The summed E-state index contributed by atoms with van der Waals surface area (Å²) in [5.74, 6) is -0.703. The third-order valence-electron chi connectivity index (χ3n) is 4.22. The van der Waals surface area contributed by atoms with E-state index < -0.39 is 5.97 Å². The van der Waals surface area contributed by atoms with E-state index in [4.69, 9.17) is 4.74 Å². The fraction of sp³-hybridized carbons (Fsp3) is 0.556. The normalized spacial score (nSPS) is 18.4. The maximum atomic E-state index is 12.1. The molecule has 0 aromatic rings. The molecule has 3 heteroatoms. The van der Waals surface area contributed by atoms with Gasteiger partial charge in [0.15, 0.2) is 5.78 Å². The lowest BCUT2D eigenvalue weighted by Crippen LogP contribution is -2.18. The molecule has 0 fully saturated rings. The molecule has 0 atom stereocenters. The van der Waals surface area contributed by atoms with Crippen molar-refractivity contribution in [3.05, 3.63) is 34.4 Å². The molecular formula is C18H24O3. The first kappa shape index (κ1) is 15.7. The maximum Gasteiger partial charge on any atom is 0.342 e. The Morgan fingerprint density at radius 1 is 0.952 bits per heavy atom. The lowest BCUT2D eigenvalue weighted by atomic mass is 9.81. The highest BCUT2D eigenvalue weighted by Crippen LogP contribution is 2.36. The van der Waals surface area contributed by atoms with E-state index in [9.17, 15) is 9.59 Å². The topological polar surface area (TPSA) is 43.4 Å². The van der Waals surface area contributed by atoms with Gasteiger partial charge < -0.3 is 4.74 Å². The van der Waals surface area contributed by atoms with E-state index in [-0.39, 0.29) is 11.4 Å². The van der Waals surface area contributed by atoms with Crippen LogP contribution in [0.1, 0.15) is 58.3 Å². The van der Waals surface area contributed by atoms with Crippen molar-refractivity contribution in [1.29, 1.82) is 0 Å². The molecule has 0 aromatic carbocycles. The number of allylic oxidation sites excluding steroid dienone is 5. The van der Waals surface area contributed by atoms with Crippen LogP contribution in [0.15, 0.2) is 34.4 Å². The molecule has 2 aliphatic rings. The molecule has 0 amide bonds. The lowest BCUT2D eigenvalue weighted by Gasteiger charge is -2.23. The summed E-state index contributed by atoms with van der Waals surface area (Å²) in [6.45, 7) is 1.46. The van der Waals surface area contributed by atoms with Crippen LogP contribution in [0.2, 0.25) is 0 Å². The van der Waals surface area contributed by atoms with Crippen molar-refractivity contribution in [2.24, 2.45) is 0 Å². The van der Waals surface area contributed by atoms with Crippen LogP contribution < -0.4 is 0 Å². The van der Waals surface area contributed by atoms with Gasteiger partial charge >= 0.3 is 5.97 Å². The molecule has 0 spiro atoms. The summed E-state index contributed by atoms with van der Waals surface area (Å²) < 4.78 is 4.86. The van der Waals surface area contributed by atoms with E-state index in [1.54, 1.807) is 0 Å². The lowest BCUT2D eigenvalue weighted by molar-refractivity contribution is -0.137. The Kier molecular flexibility index (Phi) is 5.54. The Hall–Kier alpha value is -1.64. The summed E-state index contributed by atoms with van der Waals surface area (Å²) in [6.07, 6.45) is 12.9. The molecule has 3 nitrogen and oxygen atoms in total. The second-order valence-electron chi connectivity index (χ2n) is 5.75. The molecule has 0 heterocycles. The number of hydrogen-bond donors (Lipinski definition) is 0. The third-order valence-corrected chi connectivity index (χ3v) is 4.22. The molecule has 114 valence electrons. The zero-order valence-corrected chi connectivity index (χ0v) is 13.0. The highest BCUT2D eigenvalue weighted by molar-refractivity contribution is 6.18. The van der Waals surface area contributed by atoms with Crippen LogP contribution in [-0.2, 0) is 14.3 Å². The van der Waals surface area contributed by atoms with Crippen LogP contribution in [0.25, 0.3) is 0 Å². The molecule has 0 bridgehead atoms. The molecule has 2 rings (SSSR count). The molecular weight excluding hydrogens is 264 g/mol. The van der Waals surface area contributed by atoms with Crippen molar-refractivity contribution in [2.75, 3.05) is 7.11 Å². The van der Waals surface area contributed by atoms with Gasteiger partial charge in [-0.1, -0.05) is 12.2 Å². The van der Waals surface area contributed by atoms with Gasteiger partial charge in [-0.05, 0) is 75.0 Å². The van der Waals surface area contributed by atoms with Crippen molar-refractivity contribution in [3.8, 4) is 0 Å². The Morgan fingerprint density at radius 3 is 1.81 bits per heavy atom. The van der Waals surface area contributed by atoms with Gasteiger partial charge in [-0.25, -0.2) is 4.79 Å². The van der Waals surface area contributed by atoms with Crippen molar-refractivity contribution >= 4 is 11.8 Å². The minimum atomic E-state index is -0.504. The highest BCUT2D eigenvalue weighted by Gasteiger charge is 2.26. The largest absolute Gasteiger partial charge is 0.465 e. The predicted molar refractivity (Wildman–Crippen MR) is 82.8 cm³/mol. The average molecular weight is 288 g/mol. The summed E-state index contributed by atoms with van der Waals surface area (Å²) in [5.41, 5.74) is 3.42. The predicted octanol–water partition coefficient (Wildman–Crippen LogP) is 4.05. The SMILES string of the molecule is COC(=O)C(C(C)=O)=C(C1=CCCCC1)C1=CCCCC1. The number of carbonyl (C=O) groups excluding carboxylic acids is 2. The zero-order valence-electron chi connectivity index (χ0n) is 13.0. The highest BCUT2D eigenvalue weighted by atomic mass is 16.5. The number of esters is 1. The molecule has 0 aliphatic heterocycles. The van der Waals surface area contributed by atoms with Gasteiger partial charge in [-0.2, -0.15) is 0 Å². The summed E-state index contributed by atoms with van der Waals surface area (Å²) in [6, 6.07) is 0. The Morgan fingerprint density at radius 2 is 1.48 bits per heavy atom. The summed E-state index contributed by atoms with van der Waals surface area (Å²) in [4.78, 5) is 24.2. The average Bonchev–Trinajstić information content (AvgIpc) is 2.53. The third kappa shape index (κ3) is 3.72. The van der Waals surface area contributed by atoms with E-state index in [0.717, 1.165) is 55.2 Å². The van der Waals surface area contributed by atoms with Crippen molar-refractivity contribution < 1.29 is 14.3 Å². The molecule has 21 heavy (non-hydrogen) atoms. The number of ether oxygens (including phenoxy) is 1. The zero-order chi connectivity index (χ0) is 15.2. The molecule has 0 unspecified atom stereocenters. The van der Waals surface area contributed by atoms with Crippen LogP contribution in [-0.4, -0.2) is 18.9 Å². The van der Waals surface area contributed by atoms with Gasteiger partial charge in [0.1, 0.15) is 5.57 Å². The summed E-state index contributed by atoms with van der Waals surface area (Å²) in [5, 5.41) is 0. The number of Topliss-reactive ketones (excluding diaryl/α,β-unsaturated/α-hetero) is 1. The first-order chi connectivity index (χ1) is 10.1. The Balaban J connectivity index is 2.56. The fourth-order valence-corrected chi connectivity index (χ4v) is 3.18. The monoisotopic (exact) mass is 288 g/mol. The number of carbonyl (C=O) groups is 2. The fourth-order valence-electron chi connectivity index (χ4n) is 3.18. The van der Waals surface area contributed by atoms with Crippen LogP contribution in [0.4, 0.5) is 0 Å². The van der Waals surface area contributed by atoms with Crippen LogP contribution in [0, 0.1) is 0 Å². The second-order valence-corrected chi connectivity index (χ2v) is 5.75. The van der Waals surface area contributed by atoms with E-state index in [1.165, 1.54) is 26.9 Å². The van der Waals surface area contributed by atoms with Gasteiger partial charge in [-0.3, -0.25) is 4.79 Å². The van der Waals surface area contributed by atoms with Crippen molar-refractivity contribution in [3.63, 3.8) is 0 Å². The summed E-state index contributed by atoms with van der Waals surface area (Å²) >= 11 is 0. The molecule has 2 aliphatic carbocycles. The van der Waals surface area contributed by atoms with Crippen LogP contribution >= 0.6 is 0 Å². The summed E-state index contributed by atoms with van der Waals surface area (Å²) in [7, 11) is 1.34. The second kappa shape index (κ2) is 7.39. The van der Waals surface area contributed by atoms with E-state index in [0.29, 0.717) is 0 Å². The Labute approximate surface area is 126 Å². The van der Waals surface area contributed by atoms with E-state index in [2.05, 4.69) is 12.2 Å². The smallest absolute Gasteiger partial charge is 0.342 e.